The molecule has 0 bridgehead atoms. The fourth-order valence-corrected chi connectivity index (χ4v) is 2.32. The number of amides is 1. The Bertz CT molecular complexity index is 726. The van der Waals surface area contributed by atoms with Crippen LogP contribution in [0.15, 0.2) is 42.5 Å². The van der Waals surface area contributed by atoms with E-state index in [1.54, 1.807) is 12.1 Å². The number of carbonyl (C=O) groups excluding carboxylic acids is 1. The number of hydrogen-bond acceptors (Lipinski definition) is 4. The Kier molecular flexibility index (Phi) is 5.89. The number of nitro groups is 1. The smallest absolute Gasteiger partial charge is 0.282 e. The molecule has 0 unspecified atom stereocenters. The molecule has 6 heteroatoms. The highest BCUT2D eigenvalue weighted by atomic mass is 16.6. The second kappa shape index (κ2) is 8.10. The number of methoxy groups -OCH3 is 1. The van der Waals surface area contributed by atoms with Crippen LogP contribution < -0.4 is 10.1 Å². The number of ether oxygens (including phenoxy) is 1. The zero-order chi connectivity index (χ0) is 17.5. The van der Waals surface area contributed by atoms with Gasteiger partial charge in [-0.25, -0.2) is 0 Å². The van der Waals surface area contributed by atoms with Crippen LogP contribution in [0.25, 0.3) is 0 Å². The SMILES string of the molecule is CCCCc1ccc(NC(=O)c2cc(OC)ccc2[N+](=O)[O-])cc1. The Hall–Kier alpha value is -2.89. The van der Waals surface area contributed by atoms with E-state index in [9.17, 15) is 14.9 Å². The Morgan fingerprint density at radius 2 is 1.92 bits per heavy atom. The standard InChI is InChI=1S/C18H20N2O4/c1-3-4-5-13-6-8-14(9-7-13)19-18(21)16-12-15(24-2)10-11-17(16)20(22)23/h6-12H,3-5H2,1-2H3,(H,19,21). The first kappa shape index (κ1) is 17.5. The van der Waals surface area contributed by atoms with Crippen molar-refractivity contribution < 1.29 is 14.5 Å². The zero-order valence-electron chi connectivity index (χ0n) is 13.7. The van der Waals surface area contributed by atoms with Crippen LogP contribution >= 0.6 is 0 Å². The summed E-state index contributed by atoms with van der Waals surface area (Å²) in [7, 11) is 1.44. The second-order valence-corrected chi connectivity index (χ2v) is 5.39. The third kappa shape index (κ3) is 4.32. The van der Waals surface area contributed by atoms with E-state index in [4.69, 9.17) is 4.74 Å². The minimum absolute atomic E-state index is 0.0330. The molecule has 1 amide bonds. The van der Waals surface area contributed by atoms with Crippen molar-refractivity contribution in [1.82, 2.24) is 0 Å². The maximum absolute atomic E-state index is 12.4. The van der Waals surface area contributed by atoms with Crippen molar-refractivity contribution in [1.29, 1.82) is 0 Å². The van der Waals surface area contributed by atoms with E-state index in [1.807, 2.05) is 12.1 Å². The Balaban J connectivity index is 2.18. The van der Waals surface area contributed by atoms with E-state index in [1.165, 1.54) is 30.9 Å². The Morgan fingerprint density at radius 1 is 1.21 bits per heavy atom. The van der Waals surface area contributed by atoms with Gasteiger partial charge in [-0.15, -0.1) is 0 Å². The zero-order valence-corrected chi connectivity index (χ0v) is 13.7. The van der Waals surface area contributed by atoms with Crippen LogP contribution in [-0.2, 0) is 6.42 Å². The predicted octanol–water partition coefficient (Wildman–Crippen LogP) is 4.20. The second-order valence-electron chi connectivity index (χ2n) is 5.39. The van der Waals surface area contributed by atoms with E-state index < -0.39 is 10.8 Å². The third-order valence-electron chi connectivity index (χ3n) is 3.68. The quantitative estimate of drug-likeness (QED) is 0.610. The van der Waals surface area contributed by atoms with Crippen molar-refractivity contribution in [3.8, 4) is 5.75 Å². The lowest BCUT2D eigenvalue weighted by molar-refractivity contribution is -0.385. The van der Waals surface area contributed by atoms with Crippen LogP contribution in [0.5, 0.6) is 5.75 Å². The molecule has 6 nitrogen and oxygen atoms in total. The Labute approximate surface area is 140 Å². The van der Waals surface area contributed by atoms with Gasteiger partial charge in [-0.1, -0.05) is 25.5 Å². The van der Waals surface area contributed by atoms with E-state index in [0.717, 1.165) is 19.3 Å². The van der Waals surface area contributed by atoms with Crippen molar-refractivity contribution in [2.45, 2.75) is 26.2 Å². The van der Waals surface area contributed by atoms with Crippen LogP contribution in [0, 0.1) is 10.1 Å². The first-order valence-corrected chi connectivity index (χ1v) is 7.78. The molecule has 2 aromatic rings. The maximum Gasteiger partial charge on any atom is 0.282 e. The number of hydrogen-bond donors (Lipinski definition) is 1. The van der Waals surface area contributed by atoms with Gasteiger partial charge in [-0.2, -0.15) is 0 Å². The van der Waals surface area contributed by atoms with Gasteiger partial charge in [0.05, 0.1) is 12.0 Å². The van der Waals surface area contributed by atoms with Crippen LogP contribution in [-0.4, -0.2) is 17.9 Å². The van der Waals surface area contributed by atoms with Crippen LogP contribution in [0.3, 0.4) is 0 Å². The lowest BCUT2D eigenvalue weighted by atomic mass is 10.1. The minimum Gasteiger partial charge on any atom is -0.497 e. The summed E-state index contributed by atoms with van der Waals surface area (Å²) >= 11 is 0. The fraction of sp³-hybridized carbons (Fsp3) is 0.278. The molecule has 2 rings (SSSR count). The average Bonchev–Trinajstić information content (AvgIpc) is 2.60. The van der Waals surface area contributed by atoms with Crippen LogP contribution in [0.1, 0.15) is 35.7 Å². The fourth-order valence-electron chi connectivity index (χ4n) is 2.32. The summed E-state index contributed by atoms with van der Waals surface area (Å²) in [6, 6.07) is 11.6. The normalized spacial score (nSPS) is 10.2. The summed E-state index contributed by atoms with van der Waals surface area (Å²) in [6.45, 7) is 2.13. The summed E-state index contributed by atoms with van der Waals surface area (Å²) in [6.07, 6.45) is 3.23. The predicted molar refractivity (Wildman–Crippen MR) is 92.7 cm³/mol. The molecule has 0 atom stereocenters. The van der Waals surface area contributed by atoms with Crippen LogP contribution in [0.2, 0.25) is 0 Å². The molecular weight excluding hydrogens is 308 g/mol. The summed E-state index contributed by atoms with van der Waals surface area (Å²) in [5.41, 5.74) is 1.50. The molecule has 24 heavy (non-hydrogen) atoms. The molecule has 0 heterocycles. The number of nitro benzene ring substituents is 1. The largest absolute Gasteiger partial charge is 0.497 e. The van der Waals surface area contributed by atoms with Gasteiger partial charge >= 0.3 is 0 Å². The molecule has 2 aromatic carbocycles. The average molecular weight is 328 g/mol. The monoisotopic (exact) mass is 328 g/mol. The Morgan fingerprint density at radius 3 is 2.50 bits per heavy atom. The number of unbranched alkanes of at least 4 members (excludes halogenated alkanes) is 1. The molecule has 0 radical (unpaired) electrons. The highest BCUT2D eigenvalue weighted by molar-refractivity contribution is 6.07. The third-order valence-corrected chi connectivity index (χ3v) is 3.68. The van der Waals surface area contributed by atoms with Gasteiger partial charge in [0, 0.05) is 11.8 Å². The molecule has 0 fully saturated rings. The van der Waals surface area contributed by atoms with Gasteiger partial charge in [-0.05, 0) is 42.7 Å². The molecule has 0 spiro atoms. The number of anilines is 1. The number of aryl methyl sites for hydroxylation is 1. The van der Waals surface area contributed by atoms with Gasteiger partial charge < -0.3 is 10.1 Å². The highest BCUT2D eigenvalue weighted by Gasteiger charge is 2.21. The lowest BCUT2D eigenvalue weighted by Gasteiger charge is -2.08. The summed E-state index contributed by atoms with van der Waals surface area (Å²) < 4.78 is 5.04. The lowest BCUT2D eigenvalue weighted by Crippen LogP contribution is -2.14. The van der Waals surface area contributed by atoms with Crippen molar-refractivity contribution in [3.63, 3.8) is 0 Å². The van der Waals surface area contributed by atoms with E-state index >= 15 is 0 Å². The summed E-state index contributed by atoms with van der Waals surface area (Å²) in [4.78, 5) is 22.9. The van der Waals surface area contributed by atoms with Gasteiger partial charge in [0.2, 0.25) is 0 Å². The molecular formula is C18H20N2O4. The van der Waals surface area contributed by atoms with Crippen molar-refractivity contribution in [2.75, 3.05) is 12.4 Å². The number of carbonyl (C=O) groups is 1. The number of nitrogens with one attached hydrogen (secondary N) is 1. The molecule has 0 aliphatic rings. The van der Waals surface area contributed by atoms with E-state index in [2.05, 4.69) is 12.2 Å². The van der Waals surface area contributed by atoms with Crippen molar-refractivity contribution in [2.24, 2.45) is 0 Å². The first-order valence-electron chi connectivity index (χ1n) is 7.78. The van der Waals surface area contributed by atoms with Gasteiger partial charge in [0.1, 0.15) is 11.3 Å². The van der Waals surface area contributed by atoms with E-state index in [0.29, 0.717) is 11.4 Å². The molecule has 0 aliphatic heterocycles. The van der Waals surface area contributed by atoms with Gasteiger partial charge in [-0.3, -0.25) is 14.9 Å². The summed E-state index contributed by atoms with van der Waals surface area (Å²) in [5.74, 6) is -0.150. The topological polar surface area (TPSA) is 81.5 Å². The number of benzene rings is 2. The van der Waals surface area contributed by atoms with E-state index in [-0.39, 0.29) is 11.3 Å². The highest BCUT2D eigenvalue weighted by Crippen LogP contribution is 2.25. The van der Waals surface area contributed by atoms with Crippen LogP contribution in [0.4, 0.5) is 11.4 Å². The van der Waals surface area contributed by atoms with Gasteiger partial charge in [0.25, 0.3) is 11.6 Å². The molecule has 1 N–H and O–H groups in total. The molecule has 0 aromatic heterocycles. The van der Waals surface area contributed by atoms with Crippen molar-refractivity contribution in [3.05, 3.63) is 63.7 Å². The van der Waals surface area contributed by atoms with Crippen molar-refractivity contribution >= 4 is 17.3 Å². The molecule has 126 valence electrons. The molecule has 0 saturated heterocycles. The van der Waals surface area contributed by atoms with Gasteiger partial charge in [0.15, 0.2) is 0 Å². The first-order chi connectivity index (χ1) is 11.5. The number of rotatable bonds is 7. The molecule has 0 aliphatic carbocycles. The molecule has 0 saturated carbocycles. The number of nitrogens with zero attached hydrogens (tertiary/aromatic N) is 1. The maximum atomic E-state index is 12.4. The minimum atomic E-state index is -0.581. The summed E-state index contributed by atoms with van der Waals surface area (Å²) in [5, 5.41) is 13.8.